The molecule has 0 aliphatic heterocycles. The first-order valence-electron chi connectivity index (χ1n) is 8.96. The molecule has 2 heterocycles. The molecule has 3 rings (SSSR count). The van der Waals surface area contributed by atoms with Crippen LogP contribution in [0.15, 0.2) is 34.9 Å². The van der Waals surface area contributed by atoms with E-state index in [0.717, 1.165) is 4.68 Å². The van der Waals surface area contributed by atoms with Gasteiger partial charge in [0.15, 0.2) is 0 Å². The van der Waals surface area contributed by atoms with E-state index in [1.165, 1.54) is 6.20 Å². The molecule has 0 radical (unpaired) electrons. The average Bonchev–Trinajstić information content (AvgIpc) is 3.25. The van der Waals surface area contributed by atoms with Gasteiger partial charge in [0.05, 0.1) is 17.9 Å². The van der Waals surface area contributed by atoms with Crippen LogP contribution in [0.2, 0.25) is 0 Å². The lowest BCUT2D eigenvalue weighted by atomic mass is 10.1. The van der Waals surface area contributed by atoms with Gasteiger partial charge in [-0.05, 0) is 31.2 Å². The minimum Gasteiger partial charge on any atom is -0.487 e. The maximum absolute atomic E-state index is 12.6. The Morgan fingerprint density at radius 2 is 2.13 bits per heavy atom. The average molecular weight is 422 g/mol. The second-order valence-corrected chi connectivity index (χ2v) is 6.49. The summed E-state index contributed by atoms with van der Waals surface area (Å²) in [5, 5.41) is 15.8. The van der Waals surface area contributed by atoms with Crippen LogP contribution >= 0.6 is 0 Å². The molecule has 0 aliphatic carbocycles. The van der Waals surface area contributed by atoms with Crippen molar-refractivity contribution in [1.29, 1.82) is 0 Å². The van der Waals surface area contributed by atoms with Crippen molar-refractivity contribution in [2.24, 2.45) is 5.73 Å². The molecule has 9 nitrogen and oxygen atoms in total. The van der Waals surface area contributed by atoms with Crippen molar-refractivity contribution in [2.75, 3.05) is 6.61 Å². The molecule has 0 spiro atoms. The second-order valence-electron chi connectivity index (χ2n) is 6.49. The fraction of sp³-hybridized carbons (Fsp3) is 0.316. The number of carbonyl (C=O) groups excluding carboxylic acids is 2. The number of aryl methyl sites for hydroxylation is 1. The molecule has 1 atom stereocenters. The number of ether oxygens (including phenoxy) is 1. The number of hydrogen-bond donors (Lipinski definition) is 3. The lowest BCUT2D eigenvalue weighted by molar-refractivity contribution is -0.120. The molecular formula is C19H20F2N4O5. The van der Waals surface area contributed by atoms with Gasteiger partial charge in [-0.3, -0.25) is 14.3 Å². The summed E-state index contributed by atoms with van der Waals surface area (Å²) in [4.78, 5) is 23.9. The van der Waals surface area contributed by atoms with Crippen LogP contribution < -0.4 is 15.8 Å². The van der Waals surface area contributed by atoms with Gasteiger partial charge in [0.2, 0.25) is 5.91 Å². The molecule has 3 aromatic rings. The topological polar surface area (TPSA) is 133 Å². The molecule has 0 saturated heterocycles. The van der Waals surface area contributed by atoms with E-state index < -0.39 is 37.4 Å². The van der Waals surface area contributed by atoms with Crippen LogP contribution in [0.25, 0.3) is 11.0 Å². The summed E-state index contributed by atoms with van der Waals surface area (Å²) in [7, 11) is 0. The molecule has 0 fully saturated rings. The zero-order valence-electron chi connectivity index (χ0n) is 16.0. The Balaban J connectivity index is 1.82. The van der Waals surface area contributed by atoms with Crippen molar-refractivity contribution in [3.63, 3.8) is 0 Å². The highest BCUT2D eigenvalue weighted by atomic mass is 19.3. The Kier molecular flexibility index (Phi) is 6.31. The fourth-order valence-corrected chi connectivity index (χ4v) is 2.94. The van der Waals surface area contributed by atoms with Crippen molar-refractivity contribution in [3.05, 3.63) is 47.5 Å². The minimum absolute atomic E-state index is 0.00908. The number of alkyl halides is 2. The Hall–Kier alpha value is -3.47. The second kappa shape index (κ2) is 8.91. The largest absolute Gasteiger partial charge is 0.487 e. The zero-order valence-corrected chi connectivity index (χ0v) is 16.0. The van der Waals surface area contributed by atoms with E-state index in [1.54, 1.807) is 31.2 Å². The number of amides is 2. The maximum atomic E-state index is 12.6. The minimum atomic E-state index is -2.54. The predicted molar refractivity (Wildman–Crippen MR) is 101 cm³/mol. The predicted octanol–water partition coefficient (Wildman–Crippen LogP) is 1.36. The van der Waals surface area contributed by atoms with E-state index >= 15 is 0 Å². The Bertz CT molecular complexity index is 1060. The van der Waals surface area contributed by atoms with Gasteiger partial charge < -0.3 is 25.3 Å². The van der Waals surface area contributed by atoms with Gasteiger partial charge in [0.1, 0.15) is 36.3 Å². The van der Waals surface area contributed by atoms with Crippen LogP contribution in [0.5, 0.6) is 5.75 Å². The number of aliphatic hydroxyl groups excluding tert-OH is 1. The number of aliphatic hydroxyl groups is 1. The van der Waals surface area contributed by atoms with Gasteiger partial charge in [-0.1, -0.05) is 0 Å². The SMILES string of the molecule is Cc1oc2ccc(OCc3ccnn3CC(F)F)cc2c1C(=O)NC(CO)C(N)=O. The quantitative estimate of drug-likeness (QED) is 0.477. The van der Waals surface area contributed by atoms with Crippen LogP contribution in [0.3, 0.4) is 0 Å². The highest BCUT2D eigenvalue weighted by Crippen LogP contribution is 2.29. The van der Waals surface area contributed by atoms with E-state index in [9.17, 15) is 23.5 Å². The number of benzene rings is 1. The smallest absolute Gasteiger partial charge is 0.257 e. The number of carbonyl (C=O) groups is 2. The normalized spacial score (nSPS) is 12.3. The van der Waals surface area contributed by atoms with Gasteiger partial charge in [0.25, 0.3) is 12.3 Å². The number of hydrogen-bond acceptors (Lipinski definition) is 6. The molecule has 160 valence electrons. The van der Waals surface area contributed by atoms with E-state index in [-0.39, 0.29) is 12.2 Å². The molecule has 1 aromatic carbocycles. The third kappa shape index (κ3) is 4.57. The standard InChI is InChI=1S/C19H20F2N4O5/c1-10-17(19(28)24-14(8-26)18(22)27)13-6-12(2-3-15(13)30-10)29-9-11-4-5-23-25(11)7-16(20)21/h2-6,14,16,26H,7-9H2,1H3,(H2,22,27)(H,24,28). The molecule has 1 unspecified atom stereocenters. The van der Waals surface area contributed by atoms with E-state index in [0.29, 0.717) is 28.2 Å². The van der Waals surface area contributed by atoms with Crippen molar-refractivity contribution >= 4 is 22.8 Å². The van der Waals surface area contributed by atoms with E-state index in [1.807, 2.05) is 0 Å². The molecule has 4 N–H and O–H groups in total. The molecule has 0 bridgehead atoms. The van der Waals surface area contributed by atoms with Crippen LogP contribution in [0.4, 0.5) is 8.78 Å². The third-order valence-corrected chi connectivity index (χ3v) is 4.40. The summed E-state index contributed by atoms with van der Waals surface area (Å²) < 4.78 is 37.6. The number of halogens is 2. The number of rotatable bonds is 9. The monoisotopic (exact) mass is 422 g/mol. The van der Waals surface area contributed by atoms with Gasteiger partial charge in [-0.2, -0.15) is 5.10 Å². The summed E-state index contributed by atoms with van der Waals surface area (Å²) in [5.74, 6) is -0.844. The van der Waals surface area contributed by atoms with E-state index in [2.05, 4.69) is 10.4 Å². The molecule has 2 aromatic heterocycles. The van der Waals surface area contributed by atoms with Crippen molar-refractivity contribution in [2.45, 2.75) is 32.5 Å². The van der Waals surface area contributed by atoms with Crippen molar-refractivity contribution in [3.8, 4) is 5.75 Å². The fourth-order valence-electron chi connectivity index (χ4n) is 2.94. The first kappa shape index (κ1) is 21.2. The Morgan fingerprint density at radius 3 is 2.80 bits per heavy atom. The van der Waals surface area contributed by atoms with Crippen LogP contribution in [-0.4, -0.2) is 45.8 Å². The number of furan rings is 1. The van der Waals surface area contributed by atoms with Gasteiger partial charge >= 0.3 is 0 Å². The molecule has 0 aliphatic rings. The van der Waals surface area contributed by atoms with Crippen molar-refractivity contribution in [1.82, 2.24) is 15.1 Å². The van der Waals surface area contributed by atoms with Crippen LogP contribution in [-0.2, 0) is 17.9 Å². The zero-order chi connectivity index (χ0) is 21.8. The summed E-state index contributed by atoms with van der Waals surface area (Å²) in [6.45, 7) is 0.389. The van der Waals surface area contributed by atoms with Gasteiger partial charge in [0, 0.05) is 11.6 Å². The van der Waals surface area contributed by atoms with Crippen LogP contribution in [0.1, 0.15) is 21.8 Å². The molecule has 30 heavy (non-hydrogen) atoms. The number of nitrogens with two attached hydrogens (primary N) is 1. The number of nitrogens with one attached hydrogen (secondary N) is 1. The third-order valence-electron chi connectivity index (χ3n) is 4.40. The summed E-state index contributed by atoms with van der Waals surface area (Å²) in [5.41, 5.74) is 6.18. The highest BCUT2D eigenvalue weighted by Gasteiger charge is 2.23. The van der Waals surface area contributed by atoms with Crippen molar-refractivity contribution < 1.29 is 32.6 Å². The Morgan fingerprint density at radius 1 is 1.37 bits per heavy atom. The lowest BCUT2D eigenvalue weighted by Crippen LogP contribution is -2.46. The first-order valence-corrected chi connectivity index (χ1v) is 8.96. The molecule has 11 heteroatoms. The number of nitrogens with zero attached hydrogens (tertiary/aromatic N) is 2. The number of primary amides is 1. The van der Waals surface area contributed by atoms with E-state index in [4.69, 9.17) is 14.9 Å². The first-order chi connectivity index (χ1) is 14.3. The molecule has 2 amide bonds. The highest BCUT2D eigenvalue weighted by molar-refractivity contribution is 6.08. The van der Waals surface area contributed by atoms with Crippen LogP contribution in [0, 0.1) is 6.92 Å². The molecular weight excluding hydrogens is 402 g/mol. The summed E-state index contributed by atoms with van der Waals surface area (Å²) in [6.07, 6.45) is -1.14. The van der Waals surface area contributed by atoms with Gasteiger partial charge in [-0.25, -0.2) is 8.78 Å². The number of aromatic nitrogens is 2. The lowest BCUT2D eigenvalue weighted by Gasteiger charge is -2.12. The number of fused-ring (bicyclic) bond motifs is 1. The van der Waals surface area contributed by atoms with Gasteiger partial charge in [-0.15, -0.1) is 0 Å². The Labute approximate surface area is 169 Å². The summed E-state index contributed by atoms with van der Waals surface area (Å²) in [6, 6.07) is 5.10. The molecule has 0 saturated carbocycles. The summed E-state index contributed by atoms with van der Waals surface area (Å²) >= 11 is 0. The maximum Gasteiger partial charge on any atom is 0.257 e.